The first-order valence-electron chi connectivity index (χ1n) is 18.8. The van der Waals surface area contributed by atoms with Gasteiger partial charge in [-0.15, -0.1) is 9.42 Å². The van der Waals surface area contributed by atoms with Crippen molar-refractivity contribution < 1.29 is 41.8 Å². The molecule has 3 aromatic heterocycles. The van der Waals surface area contributed by atoms with Crippen molar-refractivity contribution in [2.24, 2.45) is 11.8 Å². The van der Waals surface area contributed by atoms with Crippen LogP contribution >= 0.6 is 15.0 Å². The molecule has 1 aliphatic carbocycles. The van der Waals surface area contributed by atoms with Crippen LogP contribution in [0.1, 0.15) is 65.7 Å². The third-order valence-corrected chi connectivity index (χ3v) is 17.6. The Bertz CT molecular complexity index is 2110. The van der Waals surface area contributed by atoms with Crippen LogP contribution in [0.3, 0.4) is 0 Å². The van der Waals surface area contributed by atoms with E-state index < -0.39 is 72.0 Å². The molecule has 3 aromatic rings. The van der Waals surface area contributed by atoms with E-state index in [0.717, 1.165) is 0 Å². The fraction of sp³-hybridized carbons (Fsp3) is 0.676. The van der Waals surface area contributed by atoms with Crippen LogP contribution in [0.25, 0.3) is 11.2 Å². The molecule has 316 valence electrons. The lowest BCUT2D eigenvalue weighted by Crippen LogP contribution is -2.50. The van der Waals surface area contributed by atoms with Crippen LogP contribution in [-0.4, -0.2) is 105 Å². The number of aliphatic hydroxyl groups is 1. The molecular weight excluding hydrogens is 831 g/mol. The van der Waals surface area contributed by atoms with Crippen LogP contribution in [0.5, 0.6) is 0 Å². The third-order valence-electron chi connectivity index (χ3n) is 10.3. The lowest BCUT2D eigenvalue weighted by Gasteiger charge is -2.41. The summed E-state index contributed by atoms with van der Waals surface area (Å²) in [4.78, 5) is 42.7. The Balaban J connectivity index is 1.51. The van der Waals surface area contributed by atoms with Crippen molar-refractivity contribution in [1.82, 2.24) is 29.5 Å². The van der Waals surface area contributed by atoms with E-state index in [0.29, 0.717) is 18.8 Å². The molecule has 0 radical (unpaired) electrons. The van der Waals surface area contributed by atoms with Crippen LogP contribution in [0.15, 0.2) is 23.6 Å². The van der Waals surface area contributed by atoms with E-state index >= 15 is 0 Å². The molecule has 4 heterocycles. The summed E-state index contributed by atoms with van der Waals surface area (Å²) in [6, 6.07) is 3.72. The molecule has 58 heavy (non-hydrogen) atoms. The molecule has 20 nitrogen and oxygen atoms in total. The number of aromatic amines is 1. The lowest BCUT2D eigenvalue weighted by atomic mass is 10.1. The number of ether oxygens (including phenoxy) is 1. The van der Waals surface area contributed by atoms with Gasteiger partial charge in [0.05, 0.1) is 44.8 Å². The summed E-state index contributed by atoms with van der Waals surface area (Å²) in [6.07, 6.45) is -0.272. The largest absolute Gasteiger partial charge is 0.695 e. The second-order valence-corrected chi connectivity index (χ2v) is 24.4. The Morgan fingerprint density at radius 3 is 2.64 bits per heavy atom. The number of imidazole rings is 1. The SMILES string of the molecule is CC(C)CNc1nc2c(ncn2[C@@H]2O[C@H](CO)[C@@H](O[Si](C)(C)C(C)(C)C)[C@H]2O[P@](=S)(OCCC#N)OC[C@H]2C[C@@H](Nc3ncncc3C#N)C[C@@H]2O[P+](=O)O)c(=O)[nH]1. The standard InChI is InChI=1S/C34H50N10O10P2SSi/c1-20(2)14-38-33-42-30-26(31(46)43-33)40-19-44(30)32-28(27(25(16-45)51-32)54-58(6,7)34(3,4)5)53-56(57,49-10-8-9-35)50-17-21-11-23(12-24(21)52-55(47)48)41-29-22(13-36)15-37-18-39-29/h15,18-21,23-25,27-28,32,45H,8,10-12,14,16-17H2,1-7H3,(H3-,37,38,39,41,42,43,46,47,48)/p+1/t21-,23-,24+,25-,27-,28-,32-,56+/m1/s1. The molecule has 1 unspecified atom stereocenters. The van der Waals surface area contributed by atoms with Crippen molar-refractivity contribution in [2.45, 2.75) is 109 Å². The minimum Gasteiger partial charge on any atom is -0.408 e. The maximum absolute atomic E-state index is 13.2. The van der Waals surface area contributed by atoms with Crippen molar-refractivity contribution in [2.75, 3.05) is 37.0 Å². The zero-order valence-electron chi connectivity index (χ0n) is 33.4. The number of H-pyrrole nitrogens is 1. The summed E-state index contributed by atoms with van der Waals surface area (Å²) in [7, 11) is -5.62. The van der Waals surface area contributed by atoms with E-state index in [1.165, 1.54) is 23.4 Å². The second kappa shape index (κ2) is 19.4. The second-order valence-electron chi connectivity index (χ2n) is 16.0. The molecule has 1 saturated heterocycles. The predicted octanol–water partition coefficient (Wildman–Crippen LogP) is 4.61. The zero-order valence-corrected chi connectivity index (χ0v) is 37.0. The number of hydrogen-bond acceptors (Lipinski definition) is 18. The van der Waals surface area contributed by atoms with Gasteiger partial charge in [-0.3, -0.25) is 18.9 Å². The van der Waals surface area contributed by atoms with Gasteiger partial charge in [0.15, 0.2) is 25.7 Å². The first-order valence-corrected chi connectivity index (χ1v) is 25.4. The normalized spacial score (nSPS) is 25.0. The third kappa shape index (κ3) is 11.1. The predicted molar refractivity (Wildman–Crippen MR) is 217 cm³/mol. The van der Waals surface area contributed by atoms with Crippen molar-refractivity contribution in [1.29, 1.82) is 10.5 Å². The summed E-state index contributed by atoms with van der Waals surface area (Å²) >= 11 is 6.05. The summed E-state index contributed by atoms with van der Waals surface area (Å²) in [5.41, 5.74) is -0.0565. The zero-order chi connectivity index (χ0) is 42.4. The van der Waals surface area contributed by atoms with Gasteiger partial charge in [0.2, 0.25) is 5.95 Å². The molecule has 0 spiro atoms. The van der Waals surface area contributed by atoms with Gasteiger partial charge >= 0.3 is 15.0 Å². The topological polar surface area (TPSA) is 274 Å². The molecule has 9 atom stereocenters. The number of aromatic nitrogens is 6. The number of hydrogen-bond donors (Lipinski definition) is 5. The quantitative estimate of drug-likeness (QED) is 0.0624. The molecule has 2 aliphatic rings. The smallest absolute Gasteiger partial charge is 0.408 e. The molecule has 0 aromatic carbocycles. The maximum Gasteiger partial charge on any atom is 0.695 e. The fourth-order valence-electron chi connectivity index (χ4n) is 6.33. The van der Waals surface area contributed by atoms with Gasteiger partial charge in [0.25, 0.3) is 5.56 Å². The Hall–Kier alpha value is -3.34. The molecular formula is C34H51N10O10P2SSi+. The summed E-state index contributed by atoms with van der Waals surface area (Å²) in [5.74, 6) is 0.250. The Kier molecular flexibility index (Phi) is 15.3. The minimum absolute atomic E-state index is 0.0363. The van der Waals surface area contributed by atoms with Gasteiger partial charge in [-0.05, 0) is 48.7 Å². The average Bonchev–Trinajstić information content (AvgIpc) is 3.84. The summed E-state index contributed by atoms with van der Waals surface area (Å²) in [5, 5.41) is 35.7. The van der Waals surface area contributed by atoms with Crippen molar-refractivity contribution in [3.8, 4) is 12.1 Å². The molecule has 0 amide bonds. The van der Waals surface area contributed by atoms with Crippen molar-refractivity contribution in [3.05, 3.63) is 34.8 Å². The number of fused-ring (bicyclic) bond motifs is 1. The van der Waals surface area contributed by atoms with E-state index in [-0.39, 0.29) is 65.7 Å². The number of nitriles is 2. The number of anilines is 2. The highest BCUT2D eigenvalue weighted by atomic mass is 32.5. The highest BCUT2D eigenvalue weighted by Crippen LogP contribution is 2.56. The van der Waals surface area contributed by atoms with Crippen LogP contribution in [0, 0.1) is 34.5 Å². The van der Waals surface area contributed by atoms with Gasteiger partial charge in [-0.25, -0.2) is 15.0 Å². The molecule has 5 N–H and O–H groups in total. The van der Waals surface area contributed by atoms with E-state index in [4.69, 9.17) is 39.1 Å². The summed E-state index contributed by atoms with van der Waals surface area (Å²) in [6.45, 7) is 10.2. The first kappa shape index (κ1) is 45.7. The Labute approximate surface area is 343 Å². The molecule has 1 aliphatic heterocycles. The molecule has 1 saturated carbocycles. The number of nitrogens with zero attached hydrogens (tertiary/aromatic N) is 7. The van der Waals surface area contributed by atoms with Crippen molar-refractivity contribution in [3.63, 3.8) is 0 Å². The fourth-order valence-corrected chi connectivity index (χ4v) is 10.3. The van der Waals surface area contributed by atoms with Gasteiger partial charge in [-0.2, -0.15) is 15.5 Å². The van der Waals surface area contributed by atoms with Gasteiger partial charge < -0.3 is 34.0 Å². The average molecular weight is 882 g/mol. The van der Waals surface area contributed by atoms with Crippen LogP contribution in [0.4, 0.5) is 11.8 Å². The van der Waals surface area contributed by atoms with Gasteiger partial charge in [0, 0.05) is 23.1 Å². The van der Waals surface area contributed by atoms with Crippen LogP contribution < -0.4 is 16.2 Å². The molecule has 0 bridgehead atoms. The Morgan fingerprint density at radius 2 is 1.98 bits per heavy atom. The molecule has 24 heteroatoms. The monoisotopic (exact) mass is 881 g/mol. The van der Waals surface area contributed by atoms with Gasteiger partial charge in [-0.1, -0.05) is 34.6 Å². The molecule has 5 rings (SSSR count). The minimum atomic E-state index is -3.88. The van der Waals surface area contributed by atoms with E-state index in [1.807, 2.05) is 39.1 Å². The van der Waals surface area contributed by atoms with Crippen LogP contribution in [0.2, 0.25) is 18.1 Å². The number of rotatable bonds is 19. The highest BCUT2D eigenvalue weighted by molar-refractivity contribution is 8.07. The lowest BCUT2D eigenvalue weighted by molar-refractivity contribution is -0.0502. The van der Waals surface area contributed by atoms with E-state index in [2.05, 4.69) is 56.3 Å². The highest BCUT2D eigenvalue weighted by Gasteiger charge is 2.54. The Morgan fingerprint density at radius 1 is 1.22 bits per heavy atom. The maximum atomic E-state index is 13.2. The van der Waals surface area contributed by atoms with E-state index in [1.54, 1.807) is 0 Å². The molecule has 2 fully saturated rings. The first-order chi connectivity index (χ1) is 27.4. The van der Waals surface area contributed by atoms with E-state index in [9.17, 15) is 29.9 Å². The van der Waals surface area contributed by atoms with Crippen LogP contribution in [-0.2, 0) is 43.6 Å². The summed E-state index contributed by atoms with van der Waals surface area (Å²) < 4.78 is 51.5. The van der Waals surface area contributed by atoms with Crippen molar-refractivity contribution >= 4 is 58.0 Å². The number of nitrogens with one attached hydrogen (secondary N) is 3. The number of aliphatic hydroxyl groups excluding tert-OH is 1. The van der Waals surface area contributed by atoms with Gasteiger partial charge in [0.1, 0.15) is 48.2 Å².